The lowest BCUT2D eigenvalue weighted by molar-refractivity contribution is -0.137. The molecule has 0 fully saturated rings. The Labute approximate surface area is 178 Å². The van der Waals surface area contributed by atoms with Gasteiger partial charge in [-0.3, -0.25) is 0 Å². The van der Waals surface area contributed by atoms with Crippen LogP contribution in [0.25, 0.3) is 0 Å². The summed E-state index contributed by atoms with van der Waals surface area (Å²) in [5.74, 6) is -0.250. The van der Waals surface area contributed by atoms with Gasteiger partial charge in [-0.25, -0.2) is 4.79 Å². The van der Waals surface area contributed by atoms with Crippen LogP contribution >= 0.6 is 0 Å². The van der Waals surface area contributed by atoms with Gasteiger partial charge >= 0.3 is 5.97 Å². The highest BCUT2D eigenvalue weighted by Crippen LogP contribution is 2.00. The fourth-order valence-corrected chi connectivity index (χ4v) is 2.34. The van der Waals surface area contributed by atoms with Crippen molar-refractivity contribution in [1.29, 1.82) is 0 Å². The molecule has 0 rings (SSSR count). The van der Waals surface area contributed by atoms with E-state index >= 15 is 0 Å². The monoisotopic (exact) mass is 400 g/mol. The van der Waals surface area contributed by atoms with Crippen LogP contribution in [-0.2, 0) is 14.3 Å². The molecule has 0 unspecified atom stereocenters. The van der Waals surface area contributed by atoms with E-state index in [-0.39, 0.29) is 5.97 Å². The summed E-state index contributed by atoms with van der Waals surface area (Å²) in [6.07, 6.45) is 33.3. The Hall–Kier alpha value is -2.13. The molecule has 0 aromatic rings. The maximum atomic E-state index is 11.1. The minimum Gasteiger partial charge on any atom is -0.463 e. The zero-order chi connectivity index (χ0) is 21.3. The van der Waals surface area contributed by atoms with Gasteiger partial charge in [-0.15, -0.1) is 0 Å². The predicted octanol–water partition coefficient (Wildman–Crippen LogP) is 7.04. The number of carbonyl (C=O) groups excluding carboxylic acids is 1. The van der Waals surface area contributed by atoms with Gasteiger partial charge in [-0.05, 0) is 65.2 Å². The quantitative estimate of drug-likeness (QED) is 0.107. The van der Waals surface area contributed by atoms with Crippen molar-refractivity contribution in [2.24, 2.45) is 0 Å². The summed E-state index contributed by atoms with van der Waals surface area (Å²) in [6.45, 7) is 5.88. The minimum atomic E-state index is -0.250. The lowest BCUT2D eigenvalue weighted by Gasteiger charge is -1.94. The first-order chi connectivity index (χ1) is 14.3. The summed E-state index contributed by atoms with van der Waals surface area (Å²) in [6, 6.07) is 0. The van der Waals surface area contributed by atoms with Gasteiger partial charge in [0.25, 0.3) is 0 Å². The van der Waals surface area contributed by atoms with Crippen LogP contribution in [0.4, 0.5) is 0 Å². The molecule has 0 aliphatic heterocycles. The van der Waals surface area contributed by atoms with Gasteiger partial charge in [0.2, 0.25) is 0 Å². The average Bonchev–Trinajstić information content (AvgIpc) is 2.72. The SMILES string of the molecule is CCOCCC=CCC=CCC=CCC=CCC=CCCCC=CC(=O)OCC. The number of hydrogen-bond acceptors (Lipinski definition) is 3. The fraction of sp³-hybridized carbons (Fsp3) is 0.500. The molecule has 0 aliphatic rings. The van der Waals surface area contributed by atoms with Gasteiger partial charge in [-0.2, -0.15) is 0 Å². The highest BCUT2D eigenvalue weighted by molar-refractivity contribution is 5.81. The predicted molar refractivity (Wildman–Crippen MR) is 125 cm³/mol. The molecule has 0 aromatic heterocycles. The van der Waals surface area contributed by atoms with Crippen LogP contribution in [-0.4, -0.2) is 25.8 Å². The van der Waals surface area contributed by atoms with Crippen LogP contribution in [0.2, 0.25) is 0 Å². The van der Waals surface area contributed by atoms with E-state index in [0.717, 1.165) is 64.6 Å². The van der Waals surface area contributed by atoms with Gasteiger partial charge < -0.3 is 9.47 Å². The number of rotatable bonds is 18. The highest BCUT2D eigenvalue weighted by Gasteiger charge is 1.91. The van der Waals surface area contributed by atoms with Gasteiger partial charge in [-0.1, -0.05) is 66.8 Å². The molecule has 0 saturated heterocycles. The van der Waals surface area contributed by atoms with Gasteiger partial charge in [0.1, 0.15) is 0 Å². The zero-order valence-corrected chi connectivity index (χ0v) is 18.4. The molecule has 0 atom stereocenters. The van der Waals surface area contributed by atoms with E-state index in [1.54, 1.807) is 0 Å². The maximum Gasteiger partial charge on any atom is 0.330 e. The number of ether oxygens (including phenoxy) is 2. The van der Waals surface area contributed by atoms with E-state index in [9.17, 15) is 4.79 Å². The summed E-state index contributed by atoms with van der Waals surface area (Å²) in [5, 5.41) is 0. The van der Waals surface area contributed by atoms with Crippen LogP contribution in [0.15, 0.2) is 72.9 Å². The second-order valence-corrected chi connectivity index (χ2v) is 6.37. The normalized spacial score (nSPS) is 12.8. The molecule has 3 heteroatoms. The number of unbranched alkanes of at least 4 members (excludes halogenated alkanes) is 2. The lowest BCUT2D eigenvalue weighted by atomic mass is 10.2. The van der Waals surface area contributed by atoms with Crippen molar-refractivity contribution in [2.45, 2.75) is 65.2 Å². The molecular weight excluding hydrogens is 360 g/mol. The maximum absolute atomic E-state index is 11.1. The molecule has 0 N–H and O–H groups in total. The highest BCUT2D eigenvalue weighted by atomic mass is 16.5. The van der Waals surface area contributed by atoms with Crippen molar-refractivity contribution in [1.82, 2.24) is 0 Å². The summed E-state index contributed by atoms with van der Waals surface area (Å²) < 4.78 is 10.1. The second kappa shape index (κ2) is 23.9. The van der Waals surface area contributed by atoms with Crippen LogP contribution in [0.1, 0.15) is 65.2 Å². The van der Waals surface area contributed by atoms with Crippen LogP contribution in [0.5, 0.6) is 0 Å². The van der Waals surface area contributed by atoms with Crippen molar-refractivity contribution in [3.05, 3.63) is 72.9 Å². The van der Waals surface area contributed by atoms with Crippen molar-refractivity contribution in [2.75, 3.05) is 19.8 Å². The smallest absolute Gasteiger partial charge is 0.330 e. The molecule has 0 heterocycles. The second-order valence-electron chi connectivity index (χ2n) is 6.37. The Balaban J connectivity index is 3.51. The Bertz CT molecular complexity index is 536. The lowest BCUT2D eigenvalue weighted by Crippen LogP contribution is -1.98. The zero-order valence-electron chi connectivity index (χ0n) is 18.4. The Kier molecular flexibility index (Phi) is 22.2. The standard InChI is InChI=1S/C26H40O3/c1-3-28-25-23-21-19-17-15-13-11-9-7-5-6-8-10-12-14-16-18-20-22-24-26(27)29-4-2/h6-9,12-15,19,21-22,24H,3-5,10-11,16-18,20,23,25H2,1-2H3. The molecule has 162 valence electrons. The van der Waals surface area contributed by atoms with E-state index in [2.05, 4.69) is 60.8 Å². The van der Waals surface area contributed by atoms with Gasteiger partial charge in [0.15, 0.2) is 0 Å². The fourth-order valence-electron chi connectivity index (χ4n) is 2.34. The van der Waals surface area contributed by atoms with Crippen LogP contribution in [0, 0.1) is 0 Å². The average molecular weight is 401 g/mol. The first kappa shape index (κ1) is 26.9. The van der Waals surface area contributed by atoms with Gasteiger partial charge in [0.05, 0.1) is 6.61 Å². The van der Waals surface area contributed by atoms with E-state index in [1.807, 2.05) is 19.9 Å². The third kappa shape index (κ3) is 23.8. The molecule has 0 amide bonds. The molecule has 0 spiro atoms. The topological polar surface area (TPSA) is 35.5 Å². The van der Waals surface area contributed by atoms with Crippen molar-refractivity contribution < 1.29 is 14.3 Å². The number of allylic oxidation sites excluding steroid dienone is 10. The third-order valence-electron chi connectivity index (χ3n) is 3.84. The first-order valence-corrected chi connectivity index (χ1v) is 11.0. The van der Waals surface area contributed by atoms with Crippen molar-refractivity contribution in [3.63, 3.8) is 0 Å². The first-order valence-electron chi connectivity index (χ1n) is 11.0. The third-order valence-corrected chi connectivity index (χ3v) is 3.84. The molecule has 3 nitrogen and oxygen atoms in total. The Morgan fingerprint density at radius 2 is 1.10 bits per heavy atom. The summed E-state index contributed by atoms with van der Waals surface area (Å²) >= 11 is 0. The summed E-state index contributed by atoms with van der Waals surface area (Å²) in [5.41, 5.74) is 0. The summed E-state index contributed by atoms with van der Waals surface area (Å²) in [4.78, 5) is 11.1. The molecular formula is C26H40O3. The molecule has 0 radical (unpaired) electrons. The Morgan fingerprint density at radius 1 is 0.621 bits per heavy atom. The number of carbonyl (C=O) groups is 1. The van der Waals surface area contributed by atoms with E-state index in [1.165, 1.54) is 6.08 Å². The minimum absolute atomic E-state index is 0.250. The van der Waals surface area contributed by atoms with E-state index in [0.29, 0.717) is 6.61 Å². The van der Waals surface area contributed by atoms with Gasteiger partial charge in [0, 0.05) is 19.3 Å². The molecule has 0 aromatic carbocycles. The number of hydrogen-bond donors (Lipinski definition) is 0. The van der Waals surface area contributed by atoms with E-state index < -0.39 is 0 Å². The Morgan fingerprint density at radius 3 is 1.62 bits per heavy atom. The molecule has 0 saturated carbocycles. The largest absolute Gasteiger partial charge is 0.463 e. The molecule has 0 bridgehead atoms. The van der Waals surface area contributed by atoms with Crippen LogP contribution in [0.3, 0.4) is 0 Å². The number of esters is 1. The molecule has 29 heavy (non-hydrogen) atoms. The summed E-state index contributed by atoms with van der Waals surface area (Å²) in [7, 11) is 0. The van der Waals surface area contributed by atoms with Crippen LogP contribution < -0.4 is 0 Å². The van der Waals surface area contributed by atoms with E-state index in [4.69, 9.17) is 9.47 Å². The van der Waals surface area contributed by atoms with Crippen molar-refractivity contribution in [3.8, 4) is 0 Å². The molecule has 0 aliphatic carbocycles. The van der Waals surface area contributed by atoms with Crippen molar-refractivity contribution >= 4 is 5.97 Å².